The smallest absolute Gasteiger partial charge is 0.258 e. The van der Waals surface area contributed by atoms with Crippen LogP contribution in [-0.4, -0.2) is 4.92 Å². The molecule has 4 heteroatoms. The van der Waals surface area contributed by atoms with Gasteiger partial charge < -0.3 is 0 Å². The molecule has 0 aliphatic carbocycles. The van der Waals surface area contributed by atoms with Gasteiger partial charge in [0.2, 0.25) is 0 Å². The Morgan fingerprint density at radius 2 is 1.63 bits per heavy atom. The molecular formula is C15H14BrNO2. The van der Waals surface area contributed by atoms with E-state index in [4.69, 9.17) is 0 Å². The fraction of sp³-hybridized carbons (Fsp3) is 0.200. The van der Waals surface area contributed by atoms with Gasteiger partial charge in [-0.2, -0.15) is 0 Å². The first-order chi connectivity index (χ1) is 8.91. The van der Waals surface area contributed by atoms with E-state index in [1.165, 1.54) is 0 Å². The summed E-state index contributed by atoms with van der Waals surface area (Å²) in [6.07, 6.45) is 0. The molecule has 0 N–H and O–H groups in total. The Bertz CT molecular complexity index is 648. The van der Waals surface area contributed by atoms with Gasteiger partial charge in [0.25, 0.3) is 5.69 Å². The van der Waals surface area contributed by atoms with Crippen molar-refractivity contribution in [1.29, 1.82) is 0 Å². The summed E-state index contributed by atoms with van der Waals surface area (Å²) in [6, 6.07) is 9.59. The highest BCUT2D eigenvalue weighted by molar-refractivity contribution is 9.10. The van der Waals surface area contributed by atoms with Crippen LogP contribution in [0.2, 0.25) is 0 Å². The zero-order valence-electron chi connectivity index (χ0n) is 11.0. The average molecular weight is 320 g/mol. The van der Waals surface area contributed by atoms with Crippen molar-refractivity contribution in [2.45, 2.75) is 20.8 Å². The zero-order valence-corrected chi connectivity index (χ0v) is 12.6. The summed E-state index contributed by atoms with van der Waals surface area (Å²) in [5.74, 6) is 0. The van der Waals surface area contributed by atoms with Gasteiger partial charge in [-0.1, -0.05) is 34.1 Å². The molecule has 0 spiro atoms. The third-order valence-electron chi connectivity index (χ3n) is 3.33. The van der Waals surface area contributed by atoms with E-state index in [0.717, 1.165) is 26.7 Å². The fourth-order valence-corrected chi connectivity index (χ4v) is 2.54. The van der Waals surface area contributed by atoms with E-state index in [-0.39, 0.29) is 10.6 Å². The number of halogens is 1. The van der Waals surface area contributed by atoms with Crippen LogP contribution in [0.25, 0.3) is 11.1 Å². The molecule has 0 atom stereocenters. The van der Waals surface area contributed by atoms with Crippen molar-refractivity contribution in [1.82, 2.24) is 0 Å². The summed E-state index contributed by atoms with van der Waals surface area (Å²) in [6.45, 7) is 5.62. The molecule has 0 bridgehead atoms. The number of nitro benzene ring substituents is 1. The first kappa shape index (κ1) is 13.7. The van der Waals surface area contributed by atoms with Crippen molar-refractivity contribution in [3.63, 3.8) is 0 Å². The van der Waals surface area contributed by atoms with Crippen molar-refractivity contribution in [3.8, 4) is 11.1 Å². The van der Waals surface area contributed by atoms with E-state index in [0.29, 0.717) is 5.56 Å². The van der Waals surface area contributed by atoms with E-state index < -0.39 is 0 Å². The molecule has 2 aromatic carbocycles. The van der Waals surface area contributed by atoms with Crippen molar-refractivity contribution >= 4 is 21.6 Å². The van der Waals surface area contributed by atoms with Crippen LogP contribution < -0.4 is 0 Å². The van der Waals surface area contributed by atoms with Gasteiger partial charge in [-0.3, -0.25) is 10.1 Å². The van der Waals surface area contributed by atoms with Gasteiger partial charge in [0.15, 0.2) is 0 Å². The molecule has 0 saturated heterocycles. The largest absolute Gasteiger partial charge is 0.280 e. The van der Waals surface area contributed by atoms with Gasteiger partial charge in [0, 0.05) is 10.0 Å². The summed E-state index contributed by atoms with van der Waals surface area (Å²) in [5.41, 5.74) is 4.40. The van der Waals surface area contributed by atoms with Crippen LogP contribution in [-0.2, 0) is 0 Å². The minimum absolute atomic E-state index is 0.208. The van der Waals surface area contributed by atoms with Crippen LogP contribution in [0.15, 0.2) is 34.8 Å². The molecule has 0 aliphatic heterocycles. The van der Waals surface area contributed by atoms with E-state index in [2.05, 4.69) is 15.9 Å². The molecule has 0 saturated carbocycles. The Kier molecular flexibility index (Phi) is 3.71. The van der Waals surface area contributed by atoms with Gasteiger partial charge in [-0.15, -0.1) is 0 Å². The number of aryl methyl sites for hydroxylation is 2. The van der Waals surface area contributed by atoms with Crippen LogP contribution in [0.1, 0.15) is 16.7 Å². The third-order valence-corrected chi connectivity index (χ3v) is 3.86. The third kappa shape index (κ3) is 2.54. The predicted octanol–water partition coefficient (Wildman–Crippen LogP) is 4.95. The summed E-state index contributed by atoms with van der Waals surface area (Å²) >= 11 is 3.38. The number of nitrogens with zero attached hydrogens (tertiary/aromatic N) is 1. The van der Waals surface area contributed by atoms with Crippen LogP contribution in [0.5, 0.6) is 0 Å². The Balaban J connectivity index is 2.78. The van der Waals surface area contributed by atoms with Crippen molar-refractivity contribution in [2.24, 2.45) is 0 Å². The second-order valence-corrected chi connectivity index (χ2v) is 5.54. The van der Waals surface area contributed by atoms with Gasteiger partial charge in [0.1, 0.15) is 0 Å². The molecule has 0 heterocycles. The first-order valence-electron chi connectivity index (χ1n) is 5.93. The Morgan fingerprint density at radius 3 is 2.16 bits per heavy atom. The lowest BCUT2D eigenvalue weighted by Gasteiger charge is -2.12. The number of rotatable bonds is 2. The lowest BCUT2D eigenvalue weighted by atomic mass is 9.93. The lowest BCUT2D eigenvalue weighted by Crippen LogP contribution is -1.99. The molecule has 0 aromatic heterocycles. The minimum Gasteiger partial charge on any atom is -0.258 e. The summed E-state index contributed by atoms with van der Waals surface area (Å²) in [5, 5.41) is 11.4. The number of hydrogen-bond donors (Lipinski definition) is 0. The Morgan fingerprint density at radius 1 is 1.05 bits per heavy atom. The van der Waals surface area contributed by atoms with Crippen LogP contribution >= 0.6 is 15.9 Å². The molecule has 0 fully saturated rings. The number of benzene rings is 2. The first-order valence-corrected chi connectivity index (χ1v) is 6.72. The van der Waals surface area contributed by atoms with Gasteiger partial charge in [0.05, 0.1) is 10.5 Å². The molecule has 3 nitrogen and oxygen atoms in total. The number of nitro groups is 1. The second kappa shape index (κ2) is 5.13. The standard InChI is InChI=1S/C15H14BrNO2/c1-9-8-10(2)14(15(11(9)3)17(18)19)12-4-6-13(16)7-5-12/h4-8H,1-3H3. The van der Waals surface area contributed by atoms with Gasteiger partial charge in [-0.25, -0.2) is 0 Å². The maximum Gasteiger partial charge on any atom is 0.280 e. The minimum atomic E-state index is -0.285. The Hall–Kier alpha value is -1.68. The molecule has 19 heavy (non-hydrogen) atoms. The van der Waals surface area contributed by atoms with Crippen LogP contribution in [0.3, 0.4) is 0 Å². The summed E-state index contributed by atoms with van der Waals surface area (Å²) in [7, 11) is 0. The SMILES string of the molecule is Cc1cc(C)c(-c2ccc(Br)cc2)c([N+](=O)[O-])c1C. The maximum absolute atomic E-state index is 11.4. The van der Waals surface area contributed by atoms with E-state index >= 15 is 0 Å². The molecule has 2 aromatic rings. The van der Waals surface area contributed by atoms with E-state index in [1.54, 1.807) is 6.92 Å². The normalized spacial score (nSPS) is 10.5. The van der Waals surface area contributed by atoms with E-state index in [1.807, 2.05) is 44.2 Å². The van der Waals surface area contributed by atoms with Crippen LogP contribution in [0.4, 0.5) is 5.69 Å². The van der Waals surface area contributed by atoms with Crippen LogP contribution in [0, 0.1) is 30.9 Å². The summed E-state index contributed by atoms with van der Waals surface area (Å²) < 4.78 is 0.959. The fourth-order valence-electron chi connectivity index (χ4n) is 2.28. The monoisotopic (exact) mass is 319 g/mol. The highest BCUT2D eigenvalue weighted by Gasteiger charge is 2.22. The highest BCUT2D eigenvalue weighted by atomic mass is 79.9. The molecule has 0 aliphatic rings. The second-order valence-electron chi connectivity index (χ2n) is 4.62. The lowest BCUT2D eigenvalue weighted by molar-refractivity contribution is -0.384. The zero-order chi connectivity index (χ0) is 14.2. The van der Waals surface area contributed by atoms with Crippen molar-refractivity contribution < 1.29 is 4.92 Å². The molecule has 0 radical (unpaired) electrons. The average Bonchev–Trinajstić information content (AvgIpc) is 2.34. The summed E-state index contributed by atoms with van der Waals surface area (Å²) in [4.78, 5) is 11.1. The molecule has 0 amide bonds. The van der Waals surface area contributed by atoms with Gasteiger partial charge >= 0.3 is 0 Å². The molecule has 0 unspecified atom stereocenters. The van der Waals surface area contributed by atoms with Crippen molar-refractivity contribution in [3.05, 3.63) is 61.6 Å². The molecular weight excluding hydrogens is 306 g/mol. The van der Waals surface area contributed by atoms with Crippen molar-refractivity contribution in [2.75, 3.05) is 0 Å². The predicted molar refractivity (Wildman–Crippen MR) is 80.4 cm³/mol. The highest BCUT2D eigenvalue weighted by Crippen LogP contribution is 2.37. The topological polar surface area (TPSA) is 43.1 Å². The maximum atomic E-state index is 11.4. The van der Waals surface area contributed by atoms with Gasteiger partial charge in [-0.05, 0) is 49.6 Å². The molecule has 98 valence electrons. The quantitative estimate of drug-likeness (QED) is 0.580. The Labute approximate surface area is 120 Å². The molecule has 2 rings (SSSR count). The van der Waals surface area contributed by atoms with E-state index in [9.17, 15) is 10.1 Å². The number of hydrogen-bond acceptors (Lipinski definition) is 2.